The smallest absolute Gasteiger partial charge is 0.338 e. The Morgan fingerprint density at radius 3 is 1.47 bits per heavy atom. The van der Waals surface area contributed by atoms with Gasteiger partial charge in [-0.1, -0.05) is 41.5 Å². The van der Waals surface area contributed by atoms with Crippen molar-refractivity contribution in [2.45, 2.75) is 59.9 Å². The van der Waals surface area contributed by atoms with Gasteiger partial charge in [-0.25, -0.2) is 4.79 Å². The van der Waals surface area contributed by atoms with Crippen LogP contribution in [0.3, 0.4) is 0 Å². The van der Waals surface area contributed by atoms with Crippen molar-refractivity contribution in [2.75, 3.05) is 78.7 Å². The molecule has 0 bridgehead atoms. The first-order valence-electron chi connectivity index (χ1n) is 14.0. The van der Waals surface area contributed by atoms with Gasteiger partial charge >= 0.3 is 5.97 Å². The molecule has 1 rings (SSSR count). The second kappa shape index (κ2) is 19.2. The average Bonchev–Trinajstić information content (AvgIpc) is 2.93. The molecule has 0 aliphatic heterocycles. The highest BCUT2D eigenvalue weighted by Crippen LogP contribution is 2.29. The van der Waals surface area contributed by atoms with Gasteiger partial charge in [-0.3, -0.25) is 0 Å². The molecule has 220 valence electrons. The van der Waals surface area contributed by atoms with E-state index in [9.17, 15) is 20.1 Å². The van der Waals surface area contributed by atoms with Gasteiger partial charge in [-0.15, -0.1) is 0 Å². The molecule has 38 heavy (non-hydrogen) atoms. The third kappa shape index (κ3) is 12.7. The molecule has 0 amide bonds. The quantitative estimate of drug-likeness (QED) is 0.199. The molecule has 1 aromatic rings. The summed E-state index contributed by atoms with van der Waals surface area (Å²) in [6, 6.07) is 4.67. The number of carbonyl (C=O) groups is 1. The van der Waals surface area contributed by atoms with Crippen molar-refractivity contribution in [3.05, 3.63) is 23.8 Å². The fourth-order valence-corrected chi connectivity index (χ4v) is 3.99. The maximum atomic E-state index is 12.7. The summed E-state index contributed by atoms with van der Waals surface area (Å²) in [6.07, 6.45) is -2.23. The van der Waals surface area contributed by atoms with Crippen LogP contribution in [0, 0.1) is 0 Å². The van der Waals surface area contributed by atoms with Crippen molar-refractivity contribution >= 4 is 5.97 Å². The summed E-state index contributed by atoms with van der Waals surface area (Å²) < 4.78 is 17.1. The molecule has 0 radical (unpaired) electrons. The van der Waals surface area contributed by atoms with Crippen LogP contribution in [0.15, 0.2) is 18.2 Å². The number of esters is 1. The van der Waals surface area contributed by atoms with Gasteiger partial charge in [-0.05, 0) is 57.5 Å². The van der Waals surface area contributed by atoms with Crippen molar-refractivity contribution in [2.24, 2.45) is 0 Å². The van der Waals surface area contributed by atoms with Crippen LogP contribution in [0.2, 0.25) is 0 Å². The van der Waals surface area contributed by atoms with E-state index in [4.69, 9.17) is 14.2 Å². The normalized spacial score (nSPS) is 14.1. The zero-order valence-corrected chi connectivity index (χ0v) is 24.3. The van der Waals surface area contributed by atoms with E-state index in [1.807, 2.05) is 41.5 Å². The lowest BCUT2D eigenvalue weighted by Gasteiger charge is -2.24. The van der Waals surface area contributed by atoms with Crippen LogP contribution >= 0.6 is 0 Å². The van der Waals surface area contributed by atoms with E-state index in [0.29, 0.717) is 25.4 Å². The van der Waals surface area contributed by atoms with Crippen LogP contribution in [-0.4, -0.2) is 133 Å². The molecule has 0 saturated carbocycles. The van der Waals surface area contributed by atoms with Gasteiger partial charge in [0.05, 0.1) is 5.56 Å². The fourth-order valence-electron chi connectivity index (χ4n) is 3.99. The summed E-state index contributed by atoms with van der Waals surface area (Å²) in [7, 11) is 0. The van der Waals surface area contributed by atoms with Crippen molar-refractivity contribution < 1.29 is 34.3 Å². The van der Waals surface area contributed by atoms with Crippen LogP contribution in [-0.2, 0) is 4.74 Å². The highest BCUT2D eigenvalue weighted by Gasteiger charge is 2.19. The first-order valence-corrected chi connectivity index (χ1v) is 14.0. The van der Waals surface area contributed by atoms with Gasteiger partial charge < -0.3 is 44.2 Å². The minimum absolute atomic E-state index is 0.00987. The Balaban J connectivity index is 2.92. The van der Waals surface area contributed by atoms with E-state index in [1.54, 1.807) is 12.1 Å². The maximum absolute atomic E-state index is 12.7. The molecule has 0 aromatic heterocycles. The molecule has 0 spiro atoms. The first-order chi connectivity index (χ1) is 18.2. The second-order valence-corrected chi connectivity index (χ2v) is 9.30. The number of benzene rings is 1. The molecule has 10 nitrogen and oxygen atoms in total. The Hall–Kier alpha value is -1.95. The van der Waals surface area contributed by atoms with E-state index < -0.39 is 24.3 Å². The third-order valence-electron chi connectivity index (χ3n) is 6.54. The minimum Gasteiger partial charge on any atom is -0.487 e. The van der Waals surface area contributed by atoms with Gasteiger partial charge in [-0.2, -0.15) is 0 Å². The predicted octanol–water partition coefficient (Wildman–Crippen LogP) is 1.71. The number of rotatable bonds is 21. The number of likely N-dealkylation sites (N-methyl/N-ethyl adjacent to an activating group) is 3. The Kier molecular flexibility index (Phi) is 17.2. The number of aliphatic hydroxyl groups is 3. The monoisotopic (exact) mass is 541 g/mol. The largest absolute Gasteiger partial charge is 0.487 e. The third-order valence-corrected chi connectivity index (χ3v) is 6.54. The Bertz CT molecular complexity index is 771. The number of hydrogen-bond acceptors (Lipinski definition) is 10. The molecule has 3 atom stereocenters. The molecule has 0 heterocycles. The maximum Gasteiger partial charge on any atom is 0.338 e. The molecular weight excluding hydrogens is 490 g/mol. The van der Waals surface area contributed by atoms with Crippen LogP contribution in [0.25, 0.3) is 0 Å². The van der Waals surface area contributed by atoms with Crippen LogP contribution in [0.1, 0.15) is 51.9 Å². The van der Waals surface area contributed by atoms with Gasteiger partial charge in [0.15, 0.2) is 11.5 Å². The summed E-state index contributed by atoms with van der Waals surface area (Å²) in [5.74, 6) is 0.0405. The van der Waals surface area contributed by atoms with Gasteiger partial charge in [0.1, 0.15) is 38.1 Å². The van der Waals surface area contributed by atoms with E-state index in [1.165, 1.54) is 6.07 Å². The molecule has 0 fully saturated rings. The van der Waals surface area contributed by atoms with E-state index in [2.05, 4.69) is 14.7 Å². The van der Waals surface area contributed by atoms with Gasteiger partial charge in [0.2, 0.25) is 0 Å². The number of aliphatic hydroxyl groups excluding tert-OH is 3. The number of nitrogens with zero attached hydrogens (tertiary/aromatic N) is 3. The van der Waals surface area contributed by atoms with Crippen LogP contribution in [0.4, 0.5) is 0 Å². The zero-order valence-electron chi connectivity index (χ0n) is 24.3. The zero-order chi connectivity index (χ0) is 28.5. The Morgan fingerprint density at radius 1 is 0.658 bits per heavy atom. The van der Waals surface area contributed by atoms with Gasteiger partial charge in [0, 0.05) is 19.6 Å². The molecule has 10 heteroatoms. The molecular formula is C28H51N3O7. The van der Waals surface area contributed by atoms with Crippen molar-refractivity contribution in [3.63, 3.8) is 0 Å². The van der Waals surface area contributed by atoms with Crippen LogP contribution in [0.5, 0.6) is 11.5 Å². The highest BCUT2D eigenvalue weighted by molar-refractivity contribution is 5.90. The number of ether oxygens (including phenoxy) is 3. The van der Waals surface area contributed by atoms with Crippen molar-refractivity contribution in [1.82, 2.24) is 14.7 Å². The van der Waals surface area contributed by atoms with E-state index in [0.717, 1.165) is 39.3 Å². The van der Waals surface area contributed by atoms with E-state index >= 15 is 0 Å². The number of carbonyl (C=O) groups excluding carboxylic acids is 1. The van der Waals surface area contributed by atoms with Crippen molar-refractivity contribution in [1.29, 1.82) is 0 Å². The average molecular weight is 542 g/mol. The highest BCUT2D eigenvalue weighted by atomic mass is 16.5. The SMILES string of the molecule is CCN(CC)CC(O)COC(=O)c1ccc(OCC(O)CN(CC)CC)c(OCC(O)CN(CC)CC)c1. The van der Waals surface area contributed by atoms with E-state index in [-0.39, 0.29) is 31.1 Å². The summed E-state index contributed by atoms with van der Waals surface area (Å²) in [4.78, 5) is 18.9. The molecule has 3 N–H and O–H groups in total. The lowest BCUT2D eigenvalue weighted by Crippen LogP contribution is -2.36. The standard InChI is InChI=1S/C28H51N3O7/c1-7-29(8-2)16-23(32)19-36-26-14-13-22(28(35)38-21-25(34)18-31(11-5)12-6)15-27(26)37-20-24(33)17-30(9-3)10-4/h13-15,23-25,32-34H,7-12,16-21H2,1-6H3. The molecule has 0 aliphatic carbocycles. The fraction of sp³-hybridized carbons (Fsp3) is 0.750. The Labute approximate surface area is 229 Å². The summed E-state index contributed by atoms with van der Waals surface area (Å²) >= 11 is 0. The van der Waals surface area contributed by atoms with Crippen molar-refractivity contribution in [3.8, 4) is 11.5 Å². The first kappa shape index (κ1) is 34.1. The van der Waals surface area contributed by atoms with Crippen LogP contribution < -0.4 is 9.47 Å². The summed E-state index contributed by atoms with van der Waals surface area (Å²) in [6.45, 7) is 18.3. The summed E-state index contributed by atoms with van der Waals surface area (Å²) in [5, 5.41) is 31.1. The lowest BCUT2D eigenvalue weighted by atomic mass is 10.2. The lowest BCUT2D eigenvalue weighted by molar-refractivity contribution is 0.0166. The molecule has 3 unspecified atom stereocenters. The molecule has 0 aliphatic rings. The minimum atomic E-state index is -0.792. The topological polar surface area (TPSA) is 115 Å². The molecule has 1 aromatic carbocycles. The predicted molar refractivity (Wildman–Crippen MR) is 149 cm³/mol. The van der Waals surface area contributed by atoms with Gasteiger partial charge in [0.25, 0.3) is 0 Å². The second-order valence-electron chi connectivity index (χ2n) is 9.30. The Morgan fingerprint density at radius 2 is 1.05 bits per heavy atom. The summed E-state index contributed by atoms with van der Waals surface area (Å²) in [5.41, 5.74) is 0.240. The molecule has 0 saturated heterocycles. The number of hydrogen-bond donors (Lipinski definition) is 3.